The number of nitrogens with one attached hydrogen (secondary N) is 2. The van der Waals surface area contributed by atoms with E-state index in [0.717, 1.165) is 17.9 Å². The molecule has 1 aliphatic rings. The maximum atomic E-state index is 12.1. The van der Waals surface area contributed by atoms with Gasteiger partial charge in [0, 0.05) is 25.5 Å². The molecular formula is C14H21N3O. The summed E-state index contributed by atoms with van der Waals surface area (Å²) in [6.45, 7) is 2.71. The second kappa shape index (κ2) is 5.85. The lowest BCUT2D eigenvalue weighted by molar-refractivity contribution is 0.0948. The van der Waals surface area contributed by atoms with E-state index < -0.39 is 0 Å². The third-order valence-corrected chi connectivity index (χ3v) is 3.58. The summed E-state index contributed by atoms with van der Waals surface area (Å²) in [6, 6.07) is 1.89. The van der Waals surface area contributed by atoms with Gasteiger partial charge in [-0.15, -0.1) is 0 Å². The highest BCUT2D eigenvalue weighted by molar-refractivity contribution is 5.99. The van der Waals surface area contributed by atoms with Gasteiger partial charge in [-0.25, -0.2) is 0 Å². The average Bonchev–Trinajstić information content (AvgIpc) is 2.88. The van der Waals surface area contributed by atoms with E-state index in [4.69, 9.17) is 0 Å². The number of carbonyl (C=O) groups is 1. The van der Waals surface area contributed by atoms with Gasteiger partial charge in [-0.2, -0.15) is 0 Å². The fourth-order valence-corrected chi connectivity index (χ4v) is 2.49. The Kier molecular flexibility index (Phi) is 4.18. The fraction of sp³-hybridized carbons (Fsp3) is 0.571. The summed E-state index contributed by atoms with van der Waals surface area (Å²) in [5.74, 6) is 0.629. The highest BCUT2D eigenvalue weighted by atomic mass is 16.1. The number of nitrogens with zero attached hydrogens (tertiary/aromatic N) is 1. The first-order valence-electron chi connectivity index (χ1n) is 6.63. The van der Waals surface area contributed by atoms with Gasteiger partial charge in [-0.1, -0.05) is 12.8 Å². The number of anilines is 1. The Morgan fingerprint density at radius 1 is 1.44 bits per heavy atom. The molecule has 4 nitrogen and oxygen atoms in total. The van der Waals surface area contributed by atoms with E-state index in [1.165, 1.54) is 25.7 Å². The number of rotatable bonds is 4. The van der Waals surface area contributed by atoms with Crippen LogP contribution in [0.15, 0.2) is 12.3 Å². The lowest BCUT2D eigenvalue weighted by Gasteiger charge is -2.13. The number of hydrogen-bond donors (Lipinski definition) is 2. The molecule has 1 saturated carbocycles. The topological polar surface area (TPSA) is 54.0 Å². The standard InChI is InChI=1S/C14H21N3O/c1-10-7-13(15-2)12(9-16-10)14(18)17-8-11-5-3-4-6-11/h7,9,11H,3-6,8H2,1-2H3,(H,15,16)(H,17,18). The SMILES string of the molecule is CNc1cc(C)ncc1C(=O)NCC1CCCC1. The molecule has 2 rings (SSSR count). The van der Waals surface area contributed by atoms with Crippen molar-refractivity contribution >= 4 is 11.6 Å². The number of pyridine rings is 1. The molecule has 98 valence electrons. The molecule has 0 aliphatic heterocycles. The van der Waals surface area contributed by atoms with Gasteiger partial charge < -0.3 is 10.6 Å². The molecule has 0 saturated heterocycles. The number of aryl methyl sites for hydroxylation is 1. The Bertz CT molecular complexity index is 425. The van der Waals surface area contributed by atoms with Crippen LogP contribution in [0.5, 0.6) is 0 Å². The molecule has 0 spiro atoms. The summed E-state index contributed by atoms with van der Waals surface area (Å²) >= 11 is 0. The van der Waals surface area contributed by atoms with Crippen molar-refractivity contribution in [3.05, 3.63) is 23.5 Å². The normalized spacial score (nSPS) is 15.7. The fourth-order valence-electron chi connectivity index (χ4n) is 2.49. The molecule has 4 heteroatoms. The van der Waals surface area contributed by atoms with Crippen molar-refractivity contribution in [3.8, 4) is 0 Å². The van der Waals surface area contributed by atoms with Gasteiger partial charge >= 0.3 is 0 Å². The second-order valence-electron chi connectivity index (χ2n) is 4.98. The summed E-state index contributed by atoms with van der Waals surface area (Å²) in [4.78, 5) is 16.3. The molecule has 1 aliphatic carbocycles. The van der Waals surface area contributed by atoms with Crippen molar-refractivity contribution in [2.75, 3.05) is 18.9 Å². The Morgan fingerprint density at radius 2 is 2.17 bits per heavy atom. The van der Waals surface area contributed by atoms with Gasteiger partial charge in [0.1, 0.15) is 0 Å². The maximum Gasteiger partial charge on any atom is 0.254 e. The zero-order valence-corrected chi connectivity index (χ0v) is 11.1. The number of carbonyl (C=O) groups excluding carboxylic acids is 1. The van der Waals surface area contributed by atoms with Crippen LogP contribution in [-0.4, -0.2) is 24.5 Å². The van der Waals surface area contributed by atoms with Crippen molar-refractivity contribution in [1.82, 2.24) is 10.3 Å². The summed E-state index contributed by atoms with van der Waals surface area (Å²) in [7, 11) is 1.82. The Morgan fingerprint density at radius 3 is 2.83 bits per heavy atom. The molecule has 1 amide bonds. The molecule has 0 radical (unpaired) electrons. The van der Waals surface area contributed by atoms with Gasteiger partial charge in [-0.3, -0.25) is 9.78 Å². The molecule has 0 unspecified atom stereocenters. The van der Waals surface area contributed by atoms with Crippen LogP contribution < -0.4 is 10.6 Å². The molecule has 0 atom stereocenters. The second-order valence-corrected chi connectivity index (χ2v) is 4.98. The van der Waals surface area contributed by atoms with Crippen LogP contribution in [0.3, 0.4) is 0 Å². The van der Waals surface area contributed by atoms with Crippen LogP contribution in [-0.2, 0) is 0 Å². The zero-order chi connectivity index (χ0) is 13.0. The highest BCUT2D eigenvalue weighted by Gasteiger charge is 2.17. The van der Waals surface area contributed by atoms with E-state index in [1.807, 2.05) is 20.0 Å². The number of hydrogen-bond acceptors (Lipinski definition) is 3. The van der Waals surface area contributed by atoms with E-state index >= 15 is 0 Å². The van der Waals surface area contributed by atoms with Gasteiger partial charge in [0.25, 0.3) is 5.91 Å². The summed E-state index contributed by atoms with van der Waals surface area (Å²) in [5.41, 5.74) is 2.37. The van der Waals surface area contributed by atoms with Crippen molar-refractivity contribution in [3.63, 3.8) is 0 Å². The van der Waals surface area contributed by atoms with Gasteiger partial charge in [-0.05, 0) is 31.7 Å². The first kappa shape index (κ1) is 12.9. The highest BCUT2D eigenvalue weighted by Crippen LogP contribution is 2.24. The lowest BCUT2D eigenvalue weighted by Crippen LogP contribution is -2.29. The van der Waals surface area contributed by atoms with E-state index in [2.05, 4.69) is 15.6 Å². The van der Waals surface area contributed by atoms with Crippen molar-refractivity contribution in [2.24, 2.45) is 5.92 Å². The Labute approximate surface area is 108 Å². The number of aromatic nitrogens is 1. The third-order valence-electron chi connectivity index (χ3n) is 3.58. The zero-order valence-electron chi connectivity index (χ0n) is 11.1. The molecule has 2 N–H and O–H groups in total. The minimum Gasteiger partial charge on any atom is -0.387 e. The predicted octanol–water partition coefficient (Wildman–Crippen LogP) is 2.35. The largest absolute Gasteiger partial charge is 0.387 e. The first-order valence-corrected chi connectivity index (χ1v) is 6.63. The van der Waals surface area contributed by atoms with E-state index in [0.29, 0.717) is 11.5 Å². The predicted molar refractivity (Wildman–Crippen MR) is 72.8 cm³/mol. The van der Waals surface area contributed by atoms with Crippen LogP contribution >= 0.6 is 0 Å². The summed E-state index contributed by atoms with van der Waals surface area (Å²) < 4.78 is 0. The molecule has 0 bridgehead atoms. The minimum absolute atomic E-state index is 0.0289. The van der Waals surface area contributed by atoms with E-state index in [-0.39, 0.29) is 5.91 Å². The van der Waals surface area contributed by atoms with Gasteiger partial charge in [0.2, 0.25) is 0 Å². The van der Waals surface area contributed by atoms with Gasteiger partial charge in [0.15, 0.2) is 0 Å². The van der Waals surface area contributed by atoms with Crippen LogP contribution in [0.2, 0.25) is 0 Å². The molecule has 1 heterocycles. The van der Waals surface area contributed by atoms with E-state index in [1.54, 1.807) is 6.20 Å². The van der Waals surface area contributed by atoms with Crippen LogP contribution in [0.4, 0.5) is 5.69 Å². The van der Waals surface area contributed by atoms with Crippen molar-refractivity contribution in [1.29, 1.82) is 0 Å². The van der Waals surface area contributed by atoms with Crippen LogP contribution in [0.1, 0.15) is 41.7 Å². The average molecular weight is 247 g/mol. The van der Waals surface area contributed by atoms with Crippen molar-refractivity contribution in [2.45, 2.75) is 32.6 Å². The van der Waals surface area contributed by atoms with Gasteiger partial charge in [0.05, 0.1) is 11.3 Å². The molecule has 1 fully saturated rings. The van der Waals surface area contributed by atoms with Crippen LogP contribution in [0, 0.1) is 12.8 Å². The van der Waals surface area contributed by atoms with Crippen LogP contribution in [0.25, 0.3) is 0 Å². The molecule has 0 aromatic carbocycles. The molecule has 18 heavy (non-hydrogen) atoms. The Hall–Kier alpha value is -1.58. The number of amides is 1. The summed E-state index contributed by atoms with van der Waals surface area (Å²) in [6.07, 6.45) is 6.73. The van der Waals surface area contributed by atoms with Crippen molar-refractivity contribution < 1.29 is 4.79 Å². The first-order chi connectivity index (χ1) is 8.70. The maximum absolute atomic E-state index is 12.1. The summed E-state index contributed by atoms with van der Waals surface area (Å²) in [5, 5.41) is 6.06. The minimum atomic E-state index is -0.0289. The monoisotopic (exact) mass is 247 g/mol. The molecule has 1 aromatic rings. The molecule has 1 aromatic heterocycles. The Balaban J connectivity index is 1.99. The quantitative estimate of drug-likeness (QED) is 0.858. The smallest absolute Gasteiger partial charge is 0.254 e. The van der Waals surface area contributed by atoms with E-state index in [9.17, 15) is 4.79 Å². The third kappa shape index (κ3) is 3.00. The molecular weight excluding hydrogens is 226 g/mol. The lowest BCUT2D eigenvalue weighted by atomic mass is 10.1.